The molecule has 2 fully saturated rings. The fraction of sp³-hybridized carbons (Fsp3) is 1.00. The normalized spacial score (nSPS) is 31.5. The average Bonchev–Trinajstić information content (AvgIpc) is 2.67. The van der Waals surface area contributed by atoms with Crippen LogP contribution in [-0.2, 0) is 0 Å². The molecular weight excluding hydrogens is 455 g/mol. The minimum absolute atomic E-state index is 0.0718. The second-order valence-electron chi connectivity index (χ2n) is 11.4. The number of halogens is 1. The van der Waals surface area contributed by atoms with E-state index in [2.05, 4.69) is 50.3 Å². The van der Waals surface area contributed by atoms with E-state index < -0.39 is 0 Å². The fourth-order valence-electron chi connectivity index (χ4n) is 5.59. The van der Waals surface area contributed by atoms with Crippen LogP contribution in [-0.4, -0.2) is 15.1 Å². The molecule has 166 valence electrons. The third-order valence-corrected chi connectivity index (χ3v) is 9.47. The van der Waals surface area contributed by atoms with Gasteiger partial charge in [-0.25, -0.2) is 0 Å². The number of hydrogen-bond donors (Lipinski definition) is 1. The second kappa shape index (κ2) is 12.5. The molecule has 0 amide bonds. The van der Waals surface area contributed by atoms with Crippen molar-refractivity contribution < 1.29 is 5.11 Å². The molecule has 2 saturated carbocycles. The molecule has 0 heterocycles. The zero-order chi connectivity index (χ0) is 20.6. The van der Waals surface area contributed by atoms with Crippen LogP contribution in [0.25, 0.3) is 0 Å². The van der Waals surface area contributed by atoms with Gasteiger partial charge in [-0.2, -0.15) is 0 Å². The van der Waals surface area contributed by atoms with Crippen LogP contribution in [0.15, 0.2) is 0 Å². The van der Waals surface area contributed by atoms with Gasteiger partial charge >= 0.3 is 0 Å². The van der Waals surface area contributed by atoms with Gasteiger partial charge in [-0.05, 0) is 99.7 Å². The standard InChI is InChI=1S/C26H49IO/c1-20-8-12-23(13-9-20)21(2)16-18-26(3,4)19-17-25(28)7-5-6-22-10-14-24(27)15-11-22/h20-25,28H,5-19H2,1-4H3/t20?,21?,22?,23?,24?,25-/m0/s1. The molecule has 0 aromatic carbocycles. The van der Waals surface area contributed by atoms with E-state index in [0.29, 0.717) is 5.41 Å². The maximum absolute atomic E-state index is 10.5. The van der Waals surface area contributed by atoms with Crippen LogP contribution in [0, 0.1) is 29.1 Å². The van der Waals surface area contributed by atoms with Gasteiger partial charge in [0.1, 0.15) is 0 Å². The van der Waals surface area contributed by atoms with Crippen LogP contribution in [0.5, 0.6) is 0 Å². The Bertz CT molecular complexity index is 405. The lowest BCUT2D eigenvalue weighted by Crippen LogP contribution is -2.22. The van der Waals surface area contributed by atoms with Crippen molar-refractivity contribution in [3.8, 4) is 0 Å². The molecule has 2 atom stereocenters. The zero-order valence-corrected chi connectivity index (χ0v) is 21.6. The number of aliphatic hydroxyl groups excluding tert-OH is 1. The first-order chi connectivity index (χ1) is 13.2. The van der Waals surface area contributed by atoms with Crippen LogP contribution in [0.4, 0.5) is 0 Å². The molecule has 1 unspecified atom stereocenters. The zero-order valence-electron chi connectivity index (χ0n) is 19.4. The molecule has 0 radical (unpaired) electrons. The third kappa shape index (κ3) is 9.67. The van der Waals surface area contributed by atoms with Crippen LogP contribution in [0.1, 0.15) is 124 Å². The van der Waals surface area contributed by atoms with Gasteiger partial charge in [-0.1, -0.05) is 76.0 Å². The minimum Gasteiger partial charge on any atom is -0.393 e. The fourth-order valence-corrected chi connectivity index (χ4v) is 6.31. The Kier molecular flexibility index (Phi) is 11.2. The van der Waals surface area contributed by atoms with Crippen molar-refractivity contribution >= 4 is 22.6 Å². The van der Waals surface area contributed by atoms with Crippen LogP contribution >= 0.6 is 22.6 Å². The molecule has 0 aromatic heterocycles. The quantitative estimate of drug-likeness (QED) is 0.221. The Morgan fingerprint density at radius 2 is 1.50 bits per heavy atom. The van der Waals surface area contributed by atoms with Crippen molar-refractivity contribution in [1.29, 1.82) is 0 Å². The summed E-state index contributed by atoms with van der Waals surface area (Å²) in [6.45, 7) is 9.78. The van der Waals surface area contributed by atoms with Crippen molar-refractivity contribution in [3.05, 3.63) is 0 Å². The smallest absolute Gasteiger partial charge is 0.0540 e. The highest BCUT2D eigenvalue weighted by Gasteiger charge is 2.26. The predicted octanol–water partition coefficient (Wildman–Crippen LogP) is 8.56. The first kappa shape index (κ1) is 25.0. The average molecular weight is 505 g/mol. The molecule has 2 aliphatic carbocycles. The van der Waals surface area contributed by atoms with Crippen molar-refractivity contribution in [3.63, 3.8) is 0 Å². The van der Waals surface area contributed by atoms with E-state index in [1.54, 1.807) is 0 Å². The number of aliphatic hydroxyl groups is 1. The first-order valence-electron chi connectivity index (χ1n) is 12.6. The lowest BCUT2D eigenvalue weighted by Gasteiger charge is -2.33. The summed E-state index contributed by atoms with van der Waals surface area (Å²) in [5, 5.41) is 10.5. The summed E-state index contributed by atoms with van der Waals surface area (Å²) in [5.41, 5.74) is 0.385. The van der Waals surface area contributed by atoms with Gasteiger partial charge in [-0.15, -0.1) is 0 Å². The highest BCUT2D eigenvalue weighted by atomic mass is 127. The van der Waals surface area contributed by atoms with Crippen molar-refractivity contribution in [2.45, 2.75) is 134 Å². The highest BCUT2D eigenvalue weighted by Crippen LogP contribution is 2.38. The van der Waals surface area contributed by atoms with Crippen LogP contribution in [0.2, 0.25) is 0 Å². The van der Waals surface area contributed by atoms with Gasteiger partial charge in [0, 0.05) is 3.92 Å². The Balaban J connectivity index is 1.55. The number of rotatable bonds is 11. The molecule has 2 aliphatic rings. The molecule has 1 N–H and O–H groups in total. The summed E-state index contributed by atoms with van der Waals surface area (Å²) >= 11 is 2.62. The van der Waals surface area contributed by atoms with Gasteiger partial charge in [0.15, 0.2) is 0 Å². The van der Waals surface area contributed by atoms with Gasteiger partial charge < -0.3 is 5.11 Å². The molecular formula is C26H49IO. The van der Waals surface area contributed by atoms with Crippen LogP contribution in [0.3, 0.4) is 0 Å². The summed E-state index contributed by atoms with van der Waals surface area (Å²) in [6.07, 6.45) is 19.9. The van der Waals surface area contributed by atoms with E-state index in [1.807, 2.05) is 0 Å². The summed E-state index contributed by atoms with van der Waals surface area (Å²) in [6, 6.07) is 0. The summed E-state index contributed by atoms with van der Waals surface area (Å²) in [4.78, 5) is 0. The van der Waals surface area contributed by atoms with E-state index in [9.17, 15) is 5.11 Å². The van der Waals surface area contributed by atoms with E-state index in [4.69, 9.17) is 0 Å². The van der Waals surface area contributed by atoms with Gasteiger partial charge in [0.25, 0.3) is 0 Å². The lowest BCUT2D eigenvalue weighted by molar-refractivity contribution is 0.121. The Morgan fingerprint density at radius 1 is 0.893 bits per heavy atom. The van der Waals surface area contributed by atoms with Gasteiger partial charge in [0.05, 0.1) is 6.10 Å². The van der Waals surface area contributed by atoms with E-state index >= 15 is 0 Å². The number of alkyl halides is 1. The molecule has 2 heteroatoms. The number of hydrogen-bond acceptors (Lipinski definition) is 1. The van der Waals surface area contributed by atoms with E-state index in [-0.39, 0.29) is 6.10 Å². The molecule has 0 saturated heterocycles. The molecule has 0 spiro atoms. The highest BCUT2D eigenvalue weighted by molar-refractivity contribution is 14.1. The Labute approximate surface area is 190 Å². The maximum Gasteiger partial charge on any atom is 0.0540 e. The predicted molar refractivity (Wildman–Crippen MR) is 132 cm³/mol. The van der Waals surface area contributed by atoms with Crippen molar-refractivity contribution in [2.24, 2.45) is 29.1 Å². The first-order valence-corrected chi connectivity index (χ1v) is 13.8. The van der Waals surface area contributed by atoms with Gasteiger partial charge in [0.2, 0.25) is 0 Å². The van der Waals surface area contributed by atoms with E-state index in [1.165, 1.54) is 83.5 Å². The Hall–Kier alpha value is 0.690. The monoisotopic (exact) mass is 504 g/mol. The molecule has 2 rings (SSSR count). The molecule has 0 aliphatic heterocycles. The third-order valence-electron chi connectivity index (χ3n) is 8.22. The molecule has 28 heavy (non-hydrogen) atoms. The van der Waals surface area contributed by atoms with E-state index in [0.717, 1.165) is 40.4 Å². The molecule has 0 bridgehead atoms. The molecule has 1 nitrogen and oxygen atoms in total. The van der Waals surface area contributed by atoms with Gasteiger partial charge in [-0.3, -0.25) is 0 Å². The SMILES string of the molecule is CC1CCC(C(C)CCC(C)(C)CC[C@@H](O)CCCC2CCC(I)CC2)CC1. The maximum atomic E-state index is 10.5. The topological polar surface area (TPSA) is 20.2 Å². The largest absolute Gasteiger partial charge is 0.393 e. The Morgan fingerprint density at radius 3 is 2.14 bits per heavy atom. The van der Waals surface area contributed by atoms with Crippen molar-refractivity contribution in [2.75, 3.05) is 0 Å². The van der Waals surface area contributed by atoms with Crippen LogP contribution < -0.4 is 0 Å². The minimum atomic E-state index is -0.0718. The second-order valence-corrected chi connectivity index (χ2v) is 13.2. The summed E-state index contributed by atoms with van der Waals surface area (Å²) in [5.74, 6) is 3.76. The molecule has 0 aromatic rings. The summed E-state index contributed by atoms with van der Waals surface area (Å²) in [7, 11) is 0. The lowest BCUT2D eigenvalue weighted by atomic mass is 9.73. The summed E-state index contributed by atoms with van der Waals surface area (Å²) < 4.78 is 0.922. The van der Waals surface area contributed by atoms with Crippen molar-refractivity contribution in [1.82, 2.24) is 0 Å².